The number of carboxylic acids is 1. The fraction of sp³-hybridized carbons (Fsp3) is 0.818. The summed E-state index contributed by atoms with van der Waals surface area (Å²) in [6, 6.07) is -0.888. The van der Waals surface area contributed by atoms with E-state index in [0.717, 1.165) is 0 Å². The number of hydrogen-bond donors (Lipinski definition) is 2. The van der Waals surface area contributed by atoms with E-state index < -0.39 is 33.4 Å². The van der Waals surface area contributed by atoms with Crippen LogP contribution in [0.2, 0.25) is 0 Å². The number of likely N-dealkylation sites (tertiary alicyclic amines) is 1. The Morgan fingerprint density at radius 1 is 1.42 bits per heavy atom. The summed E-state index contributed by atoms with van der Waals surface area (Å²) in [5, 5.41) is 11.8. The number of aliphatic carboxylic acids is 1. The molecule has 0 saturated carbocycles. The van der Waals surface area contributed by atoms with Crippen molar-refractivity contribution in [1.82, 2.24) is 10.2 Å². The molecule has 0 bridgehead atoms. The van der Waals surface area contributed by atoms with Crippen molar-refractivity contribution in [3.63, 3.8) is 0 Å². The van der Waals surface area contributed by atoms with E-state index >= 15 is 0 Å². The van der Waals surface area contributed by atoms with E-state index in [0.29, 0.717) is 25.8 Å². The lowest BCUT2D eigenvalue weighted by Gasteiger charge is -2.32. The first-order valence-corrected chi connectivity index (χ1v) is 8.09. The molecule has 19 heavy (non-hydrogen) atoms. The van der Waals surface area contributed by atoms with Crippen LogP contribution in [0.1, 0.15) is 26.2 Å². The molecule has 0 aliphatic carbocycles. The lowest BCUT2D eigenvalue weighted by atomic mass is 10.00. The summed E-state index contributed by atoms with van der Waals surface area (Å²) in [6.07, 6.45) is 1.45. The third-order valence-electron chi connectivity index (χ3n) is 3.91. The maximum Gasteiger partial charge on any atom is 0.329 e. The molecule has 8 heteroatoms. The largest absolute Gasteiger partial charge is 0.480 e. The molecule has 0 radical (unpaired) electrons. The van der Waals surface area contributed by atoms with Crippen LogP contribution in [0.15, 0.2) is 0 Å². The van der Waals surface area contributed by atoms with Gasteiger partial charge < -0.3 is 15.3 Å². The van der Waals surface area contributed by atoms with Gasteiger partial charge in [0.1, 0.15) is 5.54 Å². The summed E-state index contributed by atoms with van der Waals surface area (Å²) in [5.41, 5.74) is -1.19. The molecule has 2 aliphatic rings. The van der Waals surface area contributed by atoms with Gasteiger partial charge in [0.2, 0.25) is 0 Å². The van der Waals surface area contributed by atoms with Crippen LogP contribution >= 0.6 is 0 Å². The molecule has 2 unspecified atom stereocenters. The molecule has 0 aromatic heterocycles. The Kier molecular flexibility index (Phi) is 3.46. The number of nitrogens with zero attached hydrogens (tertiary/aromatic N) is 1. The Bertz CT molecular complexity index is 503. The highest BCUT2D eigenvalue weighted by Crippen LogP contribution is 2.29. The van der Waals surface area contributed by atoms with E-state index in [1.165, 1.54) is 11.8 Å². The van der Waals surface area contributed by atoms with Crippen molar-refractivity contribution in [3.8, 4) is 0 Å². The molecule has 2 amide bonds. The number of sulfone groups is 1. The summed E-state index contributed by atoms with van der Waals surface area (Å²) in [5.74, 6) is -1.01. The number of carboxylic acid groups (broad SMARTS) is 1. The van der Waals surface area contributed by atoms with Crippen molar-refractivity contribution in [1.29, 1.82) is 0 Å². The Hall–Kier alpha value is -1.31. The first kappa shape index (κ1) is 14.1. The summed E-state index contributed by atoms with van der Waals surface area (Å²) < 4.78 is 22.6. The average Bonchev–Trinajstić information content (AvgIpc) is 2.83. The molecule has 0 spiro atoms. The summed E-state index contributed by atoms with van der Waals surface area (Å²) in [4.78, 5) is 24.6. The topological polar surface area (TPSA) is 104 Å². The number of hydrogen-bond acceptors (Lipinski definition) is 4. The van der Waals surface area contributed by atoms with Crippen LogP contribution in [0.25, 0.3) is 0 Å². The number of carbonyl (C=O) groups is 2. The molecular weight excluding hydrogens is 272 g/mol. The predicted molar refractivity (Wildman–Crippen MR) is 67.6 cm³/mol. The van der Waals surface area contributed by atoms with Crippen molar-refractivity contribution in [2.24, 2.45) is 0 Å². The van der Waals surface area contributed by atoms with Gasteiger partial charge in [-0.2, -0.15) is 0 Å². The molecule has 108 valence electrons. The molecule has 2 N–H and O–H groups in total. The predicted octanol–water partition coefficient (Wildman–Crippen LogP) is -0.178. The van der Waals surface area contributed by atoms with Crippen LogP contribution in [0.4, 0.5) is 4.79 Å². The normalized spacial score (nSPS) is 33.3. The summed E-state index contributed by atoms with van der Waals surface area (Å²) in [6.45, 7) is 1.90. The van der Waals surface area contributed by atoms with Gasteiger partial charge in [0.25, 0.3) is 0 Å². The van der Waals surface area contributed by atoms with E-state index in [2.05, 4.69) is 5.32 Å². The third-order valence-corrected chi connectivity index (χ3v) is 5.67. The smallest absolute Gasteiger partial charge is 0.329 e. The van der Waals surface area contributed by atoms with Gasteiger partial charge in [0.15, 0.2) is 9.84 Å². The molecule has 2 atom stereocenters. The van der Waals surface area contributed by atoms with Gasteiger partial charge in [-0.15, -0.1) is 0 Å². The van der Waals surface area contributed by atoms with Gasteiger partial charge in [-0.1, -0.05) is 0 Å². The fourth-order valence-corrected chi connectivity index (χ4v) is 4.35. The number of rotatable bonds is 2. The maximum atomic E-state index is 12.1. The van der Waals surface area contributed by atoms with Crippen molar-refractivity contribution >= 4 is 21.8 Å². The van der Waals surface area contributed by atoms with Crippen molar-refractivity contribution in [3.05, 3.63) is 0 Å². The van der Waals surface area contributed by atoms with Gasteiger partial charge in [-0.3, -0.25) is 0 Å². The van der Waals surface area contributed by atoms with E-state index in [4.69, 9.17) is 0 Å². The second-order valence-corrected chi connectivity index (χ2v) is 7.61. The molecular formula is C11H18N2O5S. The van der Waals surface area contributed by atoms with Crippen molar-refractivity contribution in [2.45, 2.75) is 37.8 Å². The number of urea groups is 1. The maximum absolute atomic E-state index is 12.1. The third kappa shape index (κ3) is 2.68. The van der Waals surface area contributed by atoms with E-state index in [1.54, 1.807) is 0 Å². The molecule has 2 heterocycles. The molecule has 2 rings (SSSR count). The van der Waals surface area contributed by atoms with Crippen LogP contribution in [0.3, 0.4) is 0 Å². The average molecular weight is 290 g/mol. The zero-order valence-electron chi connectivity index (χ0n) is 10.8. The van der Waals surface area contributed by atoms with Gasteiger partial charge >= 0.3 is 12.0 Å². The van der Waals surface area contributed by atoms with Crippen LogP contribution in [0.5, 0.6) is 0 Å². The summed E-state index contributed by atoms with van der Waals surface area (Å²) >= 11 is 0. The monoisotopic (exact) mass is 290 g/mol. The first-order chi connectivity index (χ1) is 8.74. The van der Waals surface area contributed by atoms with Crippen LogP contribution in [-0.2, 0) is 14.6 Å². The molecule has 2 aliphatic heterocycles. The zero-order valence-corrected chi connectivity index (χ0v) is 11.6. The number of carbonyl (C=O) groups excluding carboxylic acids is 1. The highest BCUT2D eigenvalue weighted by Gasteiger charge is 2.46. The first-order valence-electron chi connectivity index (χ1n) is 6.26. The quantitative estimate of drug-likeness (QED) is 0.734. The number of nitrogens with one attached hydrogen (secondary N) is 1. The second kappa shape index (κ2) is 4.66. The fourth-order valence-electron chi connectivity index (χ4n) is 2.67. The Labute approximate surface area is 111 Å². The zero-order chi connectivity index (χ0) is 14.3. The van der Waals surface area contributed by atoms with Gasteiger partial charge in [0.05, 0.1) is 11.5 Å². The lowest BCUT2D eigenvalue weighted by Crippen LogP contribution is -2.55. The molecule has 0 aromatic rings. The highest BCUT2D eigenvalue weighted by atomic mass is 32.2. The van der Waals surface area contributed by atoms with Crippen molar-refractivity contribution < 1.29 is 23.1 Å². The Morgan fingerprint density at radius 2 is 2.11 bits per heavy atom. The van der Waals surface area contributed by atoms with Crippen LogP contribution in [0, 0.1) is 0 Å². The molecule has 2 fully saturated rings. The minimum atomic E-state index is -3.06. The second-order valence-electron chi connectivity index (χ2n) is 5.38. The van der Waals surface area contributed by atoms with Crippen LogP contribution in [-0.4, -0.2) is 60.1 Å². The van der Waals surface area contributed by atoms with E-state index in [9.17, 15) is 23.1 Å². The van der Waals surface area contributed by atoms with E-state index in [1.807, 2.05) is 0 Å². The lowest BCUT2D eigenvalue weighted by molar-refractivity contribution is -0.147. The SMILES string of the molecule is CC1(C(=O)O)CCCN1C(=O)NC1CCS(=O)(=O)C1. The van der Waals surface area contributed by atoms with Crippen molar-refractivity contribution in [2.75, 3.05) is 18.1 Å². The molecule has 0 aromatic carbocycles. The van der Waals surface area contributed by atoms with E-state index in [-0.39, 0.29) is 11.5 Å². The van der Waals surface area contributed by atoms with Gasteiger partial charge in [0, 0.05) is 12.6 Å². The Balaban J connectivity index is 2.03. The standard InChI is InChI=1S/C11H18N2O5S/c1-11(9(14)15)4-2-5-13(11)10(16)12-8-3-6-19(17,18)7-8/h8H,2-7H2,1H3,(H,12,16)(H,14,15). The van der Waals surface area contributed by atoms with Gasteiger partial charge in [-0.05, 0) is 26.2 Å². The van der Waals surface area contributed by atoms with Gasteiger partial charge in [-0.25, -0.2) is 18.0 Å². The number of amides is 2. The Morgan fingerprint density at radius 3 is 2.63 bits per heavy atom. The molecule has 2 saturated heterocycles. The summed E-state index contributed by atoms with van der Waals surface area (Å²) in [7, 11) is -3.06. The molecule has 7 nitrogen and oxygen atoms in total. The van der Waals surface area contributed by atoms with Crippen LogP contribution < -0.4 is 5.32 Å². The minimum absolute atomic E-state index is 0.0592. The highest BCUT2D eigenvalue weighted by molar-refractivity contribution is 7.91. The minimum Gasteiger partial charge on any atom is -0.480 e.